The summed E-state index contributed by atoms with van der Waals surface area (Å²) in [5, 5.41) is 13.0. The van der Waals surface area contributed by atoms with Crippen molar-refractivity contribution in [1.82, 2.24) is 4.98 Å². The van der Waals surface area contributed by atoms with Crippen molar-refractivity contribution < 1.29 is 9.53 Å². The van der Waals surface area contributed by atoms with E-state index in [9.17, 15) is 10.1 Å². The molecule has 0 aliphatic heterocycles. The van der Waals surface area contributed by atoms with E-state index in [4.69, 9.17) is 22.1 Å². The van der Waals surface area contributed by atoms with Crippen molar-refractivity contribution in [1.29, 1.82) is 5.26 Å². The van der Waals surface area contributed by atoms with Crippen LogP contribution in [-0.2, 0) is 11.3 Å². The Labute approximate surface area is 174 Å². The number of anilines is 2. The minimum atomic E-state index is -0.415. The average molecular weight is 409 g/mol. The fourth-order valence-electron chi connectivity index (χ4n) is 3.13. The molecule has 3 rings (SSSR count). The van der Waals surface area contributed by atoms with Crippen molar-refractivity contribution in [2.45, 2.75) is 20.4 Å². The molecule has 3 aromatic rings. The normalized spacial score (nSPS) is 10.4. The summed E-state index contributed by atoms with van der Waals surface area (Å²) in [5.74, 6) is -0.415. The highest BCUT2D eigenvalue weighted by Gasteiger charge is 2.16. The number of carbonyl (C=O) groups excluding carboxylic acids is 1. The summed E-state index contributed by atoms with van der Waals surface area (Å²) < 4.78 is 5.10. The maximum atomic E-state index is 12.2. The van der Waals surface area contributed by atoms with Crippen LogP contribution in [0, 0.1) is 18.3 Å². The number of rotatable bonds is 6. The van der Waals surface area contributed by atoms with Crippen molar-refractivity contribution in [3.8, 4) is 17.2 Å². The molecule has 0 bridgehead atoms. The van der Waals surface area contributed by atoms with E-state index >= 15 is 0 Å². The molecule has 148 valence electrons. The molecule has 0 radical (unpaired) electrons. The van der Waals surface area contributed by atoms with E-state index in [0.29, 0.717) is 40.9 Å². The first-order valence-electron chi connectivity index (χ1n) is 9.13. The van der Waals surface area contributed by atoms with Crippen LogP contribution in [0.5, 0.6) is 0 Å². The van der Waals surface area contributed by atoms with Gasteiger partial charge in [0, 0.05) is 12.1 Å². The molecule has 0 saturated heterocycles. The van der Waals surface area contributed by atoms with Crippen LogP contribution in [0.3, 0.4) is 0 Å². The number of H-pyrrole nitrogens is 1. The third-order valence-corrected chi connectivity index (χ3v) is 4.98. The molecule has 1 heterocycles. The Balaban J connectivity index is 1.81. The second-order valence-corrected chi connectivity index (χ2v) is 6.84. The van der Waals surface area contributed by atoms with Crippen LogP contribution < -0.4 is 11.1 Å². The summed E-state index contributed by atoms with van der Waals surface area (Å²) in [6, 6.07) is 15.0. The van der Waals surface area contributed by atoms with Gasteiger partial charge in [-0.1, -0.05) is 41.9 Å². The quantitative estimate of drug-likeness (QED) is 0.398. The van der Waals surface area contributed by atoms with Gasteiger partial charge in [-0.2, -0.15) is 5.26 Å². The first-order valence-corrected chi connectivity index (χ1v) is 9.51. The van der Waals surface area contributed by atoms with Crippen LogP contribution in [0.2, 0.25) is 5.15 Å². The second-order valence-electron chi connectivity index (χ2n) is 6.47. The molecule has 4 N–H and O–H groups in total. The summed E-state index contributed by atoms with van der Waals surface area (Å²) in [6.45, 7) is 4.40. The van der Waals surface area contributed by atoms with Gasteiger partial charge in [0.2, 0.25) is 0 Å². The van der Waals surface area contributed by atoms with Gasteiger partial charge in [0.1, 0.15) is 16.9 Å². The predicted octanol–water partition coefficient (Wildman–Crippen LogP) is 4.89. The Hall–Kier alpha value is -3.43. The van der Waals surface area contributed by atoms with E-state index < -0.39 is 5.97 Å². The lowest BCUT2D eigenvalue weighted by molar-refractivity contribution is 0.0527. The Kier molecular flexibility index (Phi) is 6.10. The molecule has 0 unspecified atom stereocenters. The summed E-state index contributed by atoms with van der Waals surface area (Å²) in [4.78, 5) is 15.1. The predicted molar refractivity (Wildman–Crippen MR) is 115 cm³/mol. The minimum absolute atomic E-state index is 0.293. The Bertz CT molecular complexity index is 1080. The number of benzene rings is 2. The number of nitrogens with one attached hydrogen (secondary N) is 2. The first kappa shape index (κ1) is 20.3. The van der Waals surface area contributed by atoms with Crippen molar-refractivity contribution >= 4 is 28.9 Å². The van der Waals surface area contributed by atoms with Gasteiger partial charge < -0.3 is 20.8 Å². The molecule has 6 nitrogen and oxygen atoms in total. The lowest BCUT2D eigenvalue weighted by Gasteiger charge is -2.14. The zero-order valence-electron chi connectivity index (χ0n) is 16.2. The van der Waals surface area contributed by atoms with Crippen LogP contribution in [0.15, 0.2) is 42.5 Å². The summed E-state index contributed by atoms with van der Waals surface area (Å²) in [6.07, 6.45) is 0. The monoisotopic (exact) mass is 408 g/mol. The van der Waals surface area contributed by atoms with Crippen molar-refractivity contribution in [3.05, 3.63) is 70.0 Å². The zero-order valence-corrected chi connectivity index (χ0v) is 16.9. The van der Waals surface area contributed by atoms with Crippen LogP contribution in [0.25, 0.3) is 11.1 Å². The molecule has 0 aliphatic carbocycles. The highest BCUT2D eigenvalue weighted by Crippen LogP contribution is 2.32. The number of halogens is 1. The van der Waals surface area contributed by atoms with Crippen LogP contribution in [0.1, 0.15) is 34.1 Å². The molecule has 0 aliphatic rings. The molecular weight excluding hydrogens is 388 g/mol. The fraction of sp³-hybridized carbons (Fsp3) is 0.182. The van der Waals surface area contributed by atoms with Gasteiger partial charge >= 0.3 is 5.97 Å². The van der Waals surface area contributed by atoms with Crippen LogP contribution >= 0.6 is 11.6 Å². The number of ether oxygens (including phenoxy) is 1. The summed E-state index contributed by atoms with van der Waals surface area (Å²) in [5.41, 5.74) is 11.5. The number of hydrogen-bond donors (Lipinski definition) is 3. The molecule has 0 atom stereocenters. The maximum Gasteiger partial charge on any atom is 0.340 e. The minimum Gasteiger partial charge on any atom is -0.462 e. The number of nitrogen functional groups attached to an aromatic ring is 1. The highest BCUT2D eigenvalue weighted by atomic mass is 35.5. The number of nitriles is 1. The van der Waals surface area contributed by atoms with E-state index in [1.807, 2.05) is 31.2 Å². The van der Waals surface area contributed by atoms with Crippen molar-refractivity contribution in [3.63, 3.8) is 0 Å². The van der Waals surface area contributed by atoms with Gasteiger partial charge in [0.05, 0.1) is 23.5 Å². The molecule has 7 heteroatoms. The summed E-state index contributed by atoms with van der Waals surface area (Å²) >= 11 is 6.12. The molecule has 29 heavy (non-hydrogen) atoms. The number of hydrogen-bond acceptors (Lipinski definition) is 5. The first-order chi connectivity index (χ1) is 14.0. The number of esters is 1. The third kappa shape index (κ3) is 4.20. The average Bonchev–Trinajstić information content (AvgIpc) is 3.01. The summed E-state index contributed by atoms with van der Waals surface area (Å²) in [7, 11) is 0. The van der Waals surface area contributed by atoms with Crippen LogP contribution in [0.4, 0.5) is 11.4 Å². The van der Waals surface area contributed by atoms with Gasteiger partial charge in [-0.3, -0.25) is 0 Å². The van der Waals surface area contributed by atoms with E-state index in [-0.39, 0.29) is 0 Å². The number of aromatic nitrogens is 1. The Morgan fingerprint density at radius 2 is 2.00 bits per heavy atom. The third-order valence-electron chi connectivity index (χ3n) is 4.60. The molecule has 0 amide bonds. The van der Waals surface area contributed by atoms with Gasteiger partial charge in [0.15, 0.2) is 0 Å². The lowest BCUT2D eigenvalue weighted by Crippen LogP contribution is -2.11. The Morgan fingerprint density at radius 1 is 1.28 bits per heavy atom. The van der Waals surface area contributed by atoms with Crippen LogP contribution in [-0.4, -0.2) is 17.6 Å². The topological polar surface area (TPSA) is 104 Å². The number of aromatic amines is 1. The molecule has 0 fully saturated rings. The van der Waals surface area contributed by atoms with Gasteiger partial charge in [-0.15, -0.1) is 0 Å². The molecule has 1 aromatic heterocycles. The maximum absolute atomic E-state index is 12.2. The number of nitrogens with zero attached hydrogens (tertiary/aromatic N) is 1. The molecule has 2 aromatic carbocycles. The zero-order chi connectivity index (χ0) is 21.0. The van der Waals surface area contributed by atoms with E-state index in [0.717, 1.165) is 22.3 Å². The van der Waals surface area contributed by atoms with E-state index in [1.165, 1.54) is 0 Å². The standard InChI is InChI=1S/C22H21ClN4O2/c1-3-29-22(28)16-5-4-6-17(25)20(16)26-12-14-7-9-15(10-8-14)19-13(2)21(23)27-18(19)11-24/h4-10,26-27H,3,12,25H2,1-2H3. The number of para-hydroxylation sites is 1. The van der Waals surface area contributed by atoms with E-state index in [2.05, 4.69) is 16.4 Å². The van der Waals surface area contributed by atoms with E-state index in [1.54, 1.807) is 25.1 Å². The molecule has 0 saturated carbocycles. The lowest BCUT2D eigenvalue weighted by atomic mass is 10.0. The smallest absolute Gasteiger partial charge is 0.340 e. The van der Waals surface area contributed by atoms with Crippen molar-refractivity contribution in [2.75, 3.05) is 17.7 Å². The highest BCUT2D eigenvalue weighted by molar-refractivity contribution is 6.30. The second kappa shape index (κ2) is 8.72. The SMILES string of the molecule is CCOC(=O)c1cccc(N)c1NCc1ccc(-c2c(C#N)[nH]c(Cl)c2C)cc1. The number of carbonyl (C=O) groups is 1. The molecule has 0 spiro atoms. The van der Waals surface area contributed by atoms with Gasteiger partial charge in [0.25, 0.3) is 0 Å². The number of nitrogens with two attached hydrogens (primary N) is 1. The Morgan fingerprint density at radius 3 is 2.66 bits per heavy atom. The molecular formula is C22H21ClN4O2. The van der Waals surface area contributed by atoms with Crippen molar-refractivity contribution in [2.24, 2.45) is 0 Å². The fourth-order valence-corrected chi connectivity index (χ4v) is 3.32. The largest absolute Gasteiger partial charge is 0.462 e. The van der Waals surface area contributed by atoms with Gasteiger partial charge in [-0.25, -0.2) is 4.79 Å². The van der Waals surface area contributed by atoms with Gasteiger partial charge in [-0.05, 0) is 42.7 Å².